The van der Waals surface area contributed by atoms with E-state index in [0.29, 0.717) is 28.5 Å². The monoisotopic (exact) mass is 523 g/mol. The fourth-order valence-corrected chi connectivity index (χ4v) is 5.34. The number of nitrogens with one attached hydrogen (secondary N) is 4. The number of ether oxygens (including phenoxy) is 1. The van der Waals surface area contributed by atoms with E-state index >= 15 is 4.39 Å². The second kappa shape index (κ2) is 10.9. The first-order chi connectivity index (χ1) is 18.4. The highest BCUT2D eigenvalue weighted by Crippen LogP contribution is 2.38. The van der Waals surface area contributed by atoms with Gasteiger partial charge >= 0.3 is 0 Å². The van der Waals surface area contributed by atoms with Crippen LogP contribution in [0.15, 0.2) is 37.1 Å². The molecule has 3 aliphatic rings. The molecule has 2 aliphatic heterocycles. The molecule has 1 saturated heterocycles. The van der Waals surface area contributed by atoms with E-state index in [1.165, 1.54) is 13.3 Å². The quantitative estimate of drug-likeness (QED) is 0.408. The molecule has 5 rings (SSSR count). The van der Waals surface area contributed by atoms with Crippen LogP contribution in [0.3, 0.4) is 0 Å². The van der Waals surface area contributed by atoms with Crippen molar-refractivity contribution in [2.24, 2.45) is 0 Å². The summed E-state index contributed by atoms with van der Waals surface area (Å²) in [5, 5.41) is 12.1. The lowest BCUT2D eigenvalue weighted by Gasteiger charge is -2.32. The first kappa shape index (κ1) is 25.9. The van der Waals surface area contributed by atoms with Crippen LogP contribution in [-0.2, 0) is 4.79 Å². The van der Waals surface area contributed by atoms with Gasteiger partial charge in [0, 0.05) is 24.2 Å². The zero-order valence-corrected chi connectivity index (χ0v) is 21.6. The normalized spacial score (nSPS) is 23.7. The maximum Gasteiger partial charge on any atom is 0.268 e. The Balaban J connectivity index is 1.39. The Bertz CT molecular complexity index is 1210. The Morgan fingerprint density at radius 3 is 2.82 bits per heavy atom. The zero-order valence-electron chi connectivity index (χ0n) is 21.6. The Kier molecular flexibility index (Phi) is 7.46. The number of nitrogens with zero attached hydrogens (tertiary/aromatic N) is 3. The number of halogens is 1. The third-order valence-electron chi connectivity index (χ3n) is 7.50. The number of carbonyl (C=O) groups excluding carboxylic acids is 2. The molecule has 38 heavy (non-hydrogen) atoms. The maximum absolute atomic E-state index is 15.5. The molecule has 3 heterocycles. The number of methoxy groups -OCH3 is 1. The van der Waals surface area contributed by atoms with Gasteiger partial charge in [0.25, 0.3) is 11.8 Å². The summed E-state index contributed by atoms with van der Waals surface area (Å²) in [6.07, 6.45) is 8.36. The topological polar surface area (TPSA) is 121 Å². The van der Waals surface area contributed by atoms with Gasteiger partial charge in [-0.05, 0) is 56.5 Å². The highest BCUT2D eigenvalue weighted by atomic mass is 19.1. The summed E-state index contributed by atoms with van der Waals surface area (Å²) in [7, 11) is 1.53. The number of amides is 2. The second-order valence-electron chi connectivity index (χ2n) is 10.1. The molecule has 1 saturated carbocycles. The molecule has 1 aromatic heterocycles. The summed E-state index contributed by atoms with van der Waals surface area (Å²) in [4.78, 5) is 36.3. The van der Waals surface area contributed by atoms with Gasteiger partial charge in [-0.2, -0.15) is 4.98 Å². The molecule has 0 bridgehead atoms. The van der Waals surface area contributed by atoms with Gasteiger partial charge in [-0.25, -0.2) is 9.37 Å². The van der Waals surface area contributed by atoms with E-state index in [2.05, 4.69) is 37.8 Å². The van der Waals surface area contributed by atoms with E-state index in [1.54, 1.807) is 18.2 Å². The largest absolute Gasteiger partial charge is 0.495 e. The molecule has 0 spiro atoms. The molecule has 10 nitrogen and oxygen atoms in total. The number of carbonyl (C=O) groups is 2. The minimum Gasteiger partial charge on any atom is -0.495 e. The Labute approximate surface area is 221 Å². The van der Waals surface area contributed by atoms with E-state index in [1.807, 2.05) is 4.90 Å². The molecular weight excluding hydrogens is 489 g/mol. The number of rotatable bonds is 7. The van der Waals surface area contributed by atoms with Crippen molar-refractivity contribution in [3.63, 3.8) is 0 Å². The summed E-state index contributed by atoms with van der Waals surface area (Å²) in [5.41, 5.74) is -0.839. The number of hydrogen-bond acceptors (Lipinski definition) is 8. The highest BCUT2D eigenvalue weighted by molar-refractivity contribution is 6.02. The van der Waals surface area contributed by atoms with Crippen LogP contribution in [0.1, 0.15) is 48.9 Å². The van der Waals surface area contributed by atoms with Gasteiger partial charge in [-0.15, -0.1) is 0 Å². The van der Waals surface area contributed by atoms with Crippen LogP contribution in [-0.4, -0.2) is 66.3 Å². The van der Waals surface area contributed by atoms with Crippen LogP contribution in [0.25, 0.3) is 0 Å². The molecule has 0 radical (unpaired) electrons. The van der Waals surface area contributed by atoms with E-state index in [0.717, 1.165) is 57.7 Å². The van der Waals surface area contributed by atoms with Crippen molar-refractivity contribution in [1.82, 2.24) is 20.6 Å². The molecule has 4 N–H and O–H groups in total. The average molecular weight is 524 g/mol. The molecule has 1 aliphatic carbocycles. The molecule has 2 aromatic rings. The van der Waals surface area contributed by atoms with E-state index in [-0.39, 0.29) is 30.5 Å². The Morgan fingerprint density at radius 2 is 2.11 bits per heavy atom. The fraction of sp³-hybridized carbons (Fsp3) is 0.481. The highest BCUT2D eigenvalue weighted by Gasteiger charge is 2.43. The van der Waals surface area contributed by atoms with Crippen LogP contribution >= 0.6 is 0 Å². The summed E-state index contributed by atoms with van der Waals surface area (Å²) in [5.74, 6) is 0.228. The van der Waals surface area contributed by atoms with Gasteiger partial charge in [0.15, 0.2) is 5.82 Å². The first-order valence-corrected chi connectivity index (χ1v) is 13.1. The van der Waals surface area contributed by atoms with Gasteiger partial charge in [0.2, 0.25) is 11.6 Å². The van der Waals surface area contributed by atoms with E-state index in [4.69, 9.17) is 4.74 Å². The molecule has 1 aromatic carbocycles. The summed E-state index contributed by atoms with van der Waals surface area (Å²) >= 11 is 0. The number of anilines is 4. The SMILES string of the molecule is C=CC1(F)CN(C2CCCC2)c2nc(Nc3ccc(C(=O)N[C@@H]4CCCNC4)cc3OC)ncc2NC1=O. The van der Waals surface area contributed by atoms with E-state index in [9.17, 15) is 9.59 Å². The third kappa shape index (κ3) is 5.28. The van der Waals surface area contributed by atoms with E-state index < -0.39 is 11.6 Å². The zero-order chi connectivity index (χ0) is 26.7. The Morgan fingerprint density at radius 1 is 1.29 bits per heavy atom. The third-order valence-corrected chi connectivity index (χ3v) is 7.50. The minimum atomic E-state index is -2.25. The van der Waals surface area contributed by atoms with Crippen molar-refractivity contribution in [1.29, 1.82) is 0 Å². The van der Waals surface area contributed by atoms with Gasteiger partial charge in [0.1, 0.15) is 11.4 Å². The number of hydrogen-bond donors (Lipinski definition) is 4. The van der Waals surface area contributed by atoms with Crippen LogP contribution < -0.4 is 30.9 Å². The van der Waals surface area contributed by atoms with Crippen molar-refractivity contribution in [2.75, 3.05) is 42.3 Å². The number of aromatic nitrogens is 2. The number of benzene rings is 1. The van der Waals surface area contributed by atoms with Gasteiger partial charge < -0.3 is 30.9 Å². The number of alkyl halides is 1. The number of piperidine rings is 1. The predicted molar refractivity (Wildman–Crippen MR) is 144 cm³/mol. The van der Waals surface area contributed by atoms with Gasteiger partial charge in [-0.3, -0.25) is 9.59 Å². The van der Waals surface area contributed by atoms with Crippen molar-refractivity contribution in [2.45, 2.75) is 56.3 Å². The lowest BCUT2D eigenvalue weighted by Crippen LogP contribution is -2.47. The Hall–Kier alpha value is -3.73. The average Bonchev–Trinajstić information content (AvgIpc) is 3.44. The number of fused-ring (bicyclic) bond motifs is 1. The summed E-state index contributed by atoms with van der Waals surface area (Å²) in [6, 6.07) is 5.28. The lowest BCUT2D eigenvalue weighted by molar-refractivity contribution is -0.124. The molecule has 11 heteroatoms. The minimum absolute atomic E-state index is 0.0611. The van der Waals surface area contributed by atoms with Crippen LogP contribution in [0.2, 0.25) is 0 Å². The fourth-order valence-electron chi connectivity index (χ4n) is 5.34. The molecule has 2 amide bonds. The van der Waals surface area contributed by atoms with Gasteiger partial charge in [-0.1, -0.05) is 19.4 Å². The second-order valence-corrected chi connectivity index (χ2v) is 10.1. The first-order valence-electron chi connectivity index (χ1n) is 13.1. The molecule has 1 unspecified atom stereocenters. The molecule has 202 valence electrons. The molecular formula is C27H34FN7O3. The standard InChI is InChI=1S/C27H34FN7O3/c1-3-27(28)16-35(19-8-4-5-9-19)23-21(32-25(27)37)15-30-26(34-23)33-20-11-10-17(13-22(20)38-2)24(36)31-18-7-6-12-29-14-18/h3,10-11,13,15,18-19,29H,1,4-9,12,14,16H2,2H3,(H,31,36)(H,32,37)(H,30,33,34)/t18-,27?/m1/s1. The van der Waals surface area contributed by atoms with Crippen molar-refractivity contribution < 1.29 is 18.7 Å². The van der Waals surface area contributed by atoms with Gasteiger partial charge in [0.05, 0.1) is 25.5 Å². The summed E-state index contributed by atoms with van der Waals surface area (Å²) < 4.78 is 21.1. The molecule has 2 atom stereocenters. The lowest BCUT2D eigenvalue weighted by atomic mass is 10.0. The van der Waals surface area contributed by atoms with Crippen LogP contribution in [0.4, 0.5) is 27.5 Å². The van der Waals surface area contributed by atoms with Crippen LogP contribution in [0, 0.1) is 0 Å². The molecule has 2 fully saturated rings. The smallest absolute Gasteiger partial charge is 0.268 e. The van der Waals surface area contributed by atoms with Crippen molar-refractivity contribution >= 4 is 35.0 Å². The van der Waals surface area contributed by atoms with Crippen molar-refractivity contribution in [3.05, 3.63) is 42.6 Å². The van der Waals surface area contributed by atoms with Crippen LogP contribution in [0.5, 0.6) is 5.75 Å². The predicted octanol–water partition coefficient (Wildman–Crippen LogP) is 3.31. The summed E-state index contributed by atoms with van der Waals surface area (Å²) in [6.45, 7) is 5.12. The maximum atomic E-state index is 15.5. The van der Waals surface area contributed by atoms with Crippen molar-refractivity contribution in [3.8, 4) is 5.75 Å².